The Morgan fingerprint density at radius 3 is 2.06 bits per heavy atom. The van der Waals surface area contributed by atoms with E-state index in [1.54, 1.807) is 0 Å². The first-order chi connectivity index (χ1) is 7.46. The Hall–Kier alpha value is 0.0569. The minimum Gasteiger partial charge on any atom is -0.380 e. The van der Waals surface area contributed by atoms with Crippen LogP contribution in [0.3, 0.4) is 0 Å². The molecule has 0 amide bonds. The van der Waals surface area contributed by atoms with E-state index in [4.69, 9.17) is 18.0 Å². The summed E-state index contributed by atoms with van der Waals surface area (Å²) in [5, 5.41) is 0. The molecular formula is C11H24O4Si. The summed E-state index contributed by atoms with van der Waals surface area (Å²) in [6.45, 7) is 12.9. The molecule has 0 saturated carbocycles. The summed E-state index contributed by atoms with van der Waals surface area (Å²) in [4.78, 5) is 0. The van der Waals surface area contributed by atoms with E-state index in [-0.39, 0.29) is 11.5 Å². The van der Waals surface area contributed by atoms with E-state index in [1.165, 1.54) is 0 Å². The number of ether oxygens (including phenoxy) is 1. The molecule has 1 unspecified atom stereocenters. The minimum absolute atomic E-state index is 0.107. The highest BCUT2D eigenvalue weighted by Crippen LogP contribution is 2.34. The van der Waals surface area contributed by atoms with Gasteiger partial charge in [-0.15, -0.1) is 0 Å². The third kappa shape index (κ3) is 3.27. The fraction of sp³-hybridized carbons (Fsp3) is 1.00. The van der Waals surface area contributed by atoms with Crippen molar-refractivity contribution in [1.29, 1.82) is 0 Å². The third-order valence-electron chi connectivity index (χ3n) is 3.05. The van der Waals surface area contributed by atoms with Gasteiger partial charge in [-0.1, -0.05) is 6.92 Å². The second-order valence-corrected chi connectivity index (χ2v) is 7.17. The fourth-order valence-electron chi connectivity index (χ4n) is 1.76. The first-order valence-electron chi connectivity index (χ1n) is 5.99. The molecule has 4 nitrogen and oxygen atoms in total. The molecular weight excluding hydrogens is 224 g/mol. The average Bonchev–Trinajstić information content (AvgIpc) is 2.14. The van der Waals surface area contributed by atoms with Crippen LogP contribution in [-0.4, -0.2) is 41.3 Å². The molecule has 1 heterocycles. The first kappa shape index (κ1) is 14.1. The van der Waals surface area contributed by atoms with Gasteiger partial charge in [-0.3, -0.25) is 0 Å². The number of hydrogen-bond donors (Lipinski definition) is 0. The van der Waals surface area contributed by atoms with E-state index >= 15 is 0 Å². The van der Waals surface area contributed by atoms with Gasteiger partial charge in [-0.2, -0.15) is 0 Å². The van der Waals surface area contributed by atoms with Crippen LogP contribution in [-0.2, 0) is 18.0 Å². The van der Waals surface area contributed by atoms with E-state index in [1.807, 2.05) is 20.4 Å². The summed E-state index contributed by atoms with van der Waals surface area (Å²) in [7, 11) is -2.46. The molecule has 96 valence electrons. The molecule has 1 atom stereocenters. The van der Waals surface area contributed by atoms with Gasteiger partial charge in [-0.25, -0.2) is 0 Å². The normalized spacial score (nSPS) is 21.6. The molecule has 1 aliphatic heterocycles. The molecule has 0 aromatic heterocycles. The standard InChI is InChI=1S/C11H24O4Si/c1-6-13-16(5,14-7-2)15-10(3)11(4)8-12-9-11/h10H,6-9H2,1-5H3. The van der Waals surface area contributed by atoms with Crippen molar-refractivity contribution >= 4 is 8.80 Å². The number of rotatable bonds is 7. The lowest BCUT2D eigenvalue weighted by Gasteiger charge is -2.44. The summed E-state index contributed by atoms with van der Waals surface area (Å²) in [5.74, 6) is 0. The molecule has 0 bridgehead atoms. The van der Waals surface area contributed by atoms with Gasteiger partial charge >= 0.3 is 8.80 Å². The zero-order valence-corrected chi connectivity index (χ0v) is 12.0. The van der Waals surface area contributed by atoms with Crippen molar-refractivity contribution in [2.45, 2.75) is 40.3 Å². The highest BCUT2D eigenvalue weighted by atomic mass is 28.4. The first-order valence-corrected chi connectivity index (χ1v) is 8.21. The largest absolute Gasteiger partial charge is 0.497 e. The second kappa shape index (κ2) is 5.60. The molecule has 1 rings (SSSR count). The molecule has 1 saturated heterocycles. The van der Waals surface area contributed by atoms with Crippen LogP contribution in [0, 0.1) is 5.41 Å². The maximum absolute atomic E-state index is 6.04. The molecule has 0 spiro atoms. The Kier molecular flexibility index (Phi) is 4.94. The smallest absolute Gasteiger partial charge is 0.380 e. The molecule has 0 aromatic rings. The van der Waals surface area contributed by atoms with Gasteiger partial charge in [0.1, 0.15) is 0 Å². The molecule has 0 aliphatic carbocycles. The predicted molar refractivity (Wildman–Crippen MR) is 64.3 cm³/mol. The van der Waals surface area contributed by atoms with E-state index in [9.17, 15) is 0 Å². The molecule has 5 heteroatoms. The average molecular weight is 248 g/mol. The van der Waals surface area contributed by atoms with Crippen molar-refractivity contribution in [3.05, 3.63) is 0 Å². The van der Waals surface area contributed by atoms with Crippen LogP contribution in [0.15, 0.2) is 0 Å². The Morgan fingerprint density at radius 1 is 1.25 bits per heavy atom. The van der Waals surface area contributed by atoms with Crippen molar-refractivity contribution in [2.75, 3.05) is 26.4 Å². The lowest BCUT2D eigenvalue weighted by atomic mass is 9.83. The van der Waals surface area contributed by atoms with Crippen molar-refractivity contribution in [2.24, 2.45) is 5.41 Å². The van der Waals surface area contributed by atoms with Gasteiger partial charge < -0.3 is 18.0 Å². The minimum atomic E-state index is -2.46. The van der Waals surface area contributed by atoms with Crippen molar-refractivity contribution in [1.82, 2.24) is 0 Å². The fourth-order valence-corrected chi connectivity index (χ4v) is 3.95. The second-order valence-electron chi connectivity index (χ2n) is 4.64. The highest BCUT2D eigenvalue weighted by Gasteiger charge is 2.45. The van der Waals surface area contributed by atoms with E-state index in [0.29, 0.717) is 13.2 Å². The van der Waals surface area contributed by atoms with E-state index in [0.717, 1.165) is 13.2 Å². The number of hydrogen-bond acceptors (Lipinski definition) is 4. The summed E-state index contributed by atoms with van der Waals surface area (Å²) in [6.07, 6.45) is 0.107. The van der Waals surface area contributed by atoms with Crippen molar-refractivity contribution in [3.63, 3.8) is 0 Å². The zero-order valence-electron chi connectivity index (χ0n) is 11.0. The van der Waals surface area contributed by atoms with E-state index in [2.05, 4.69) is 13.8 Å². The zero-order chi connectivity index (χ0) is 12.2. The Bertz CT molecular complexity index is 212. The molecule has 0 N–H and O–H groups in total. The Labute approximate surface area is 99.6 Å². The molecule has 16 heavy (non-hydrogen) atoms. The molecule has 0 aromatic carbocycles. The predicted octanol–water partition coefficient (Wildman–Crippen LogP) is 2.07. The molecule has 1 aliphatic rings. The quantitative estimate of drug-likeness (QED) is 0.646. The van der Waals surface area contributed by atoms with Crippen molar-refractivity contribution < 1.29 is 18.0 Å². The summed E-state index contributed by atoms with van der Waals surface area (Å²) < 4.78 is 22.6. The highest BCUT2D eigenvalue weighted by molar-refractivity contribution is 6.59. The molecule has 1 fully saturated rings. The topological polar surface area (TPSA) is 36.9 Å². The van der Waals surface area contributed by atoms with Crippen LogP contribution in [0.25, 0.3) is 0 Å². The SMILES string of the molecule is CCO[Si](C)(OCC)OC(C)C1(C)COC1. The van der Waals surface area contributed by atoms with Crippen LogP contribution in [0.1, 0.15) is 27.7 Å². The van der Waals surface area contributed by atoms with Crippen LogP contribution in [0.4, 0.5) is 0 Å². The van der Waals surface area contributed by atoms with E-state index < -0.39 is 8.80 Å². The summed E-state index contributed by atoms with van der Waals surface area (Å²) in [6, 6.07) is 0. The van der Waals surface area contributed by atoms with Crippen LogP contribution < -0.4 is 0 Å². The van der Waals surface area contributed by atoms with Gasteiger partial charge in [0.15, 0.2) is 0 Å². The Balaban J connectivity index is 2.53. The van der Waals surface area contributed by atoms with Gasteiger partial charge in [0.05, 0.1) is 19.3 Å². The maximum atomic E-state index is 6.04. The summed E-state index contributed by atoms with van der Waals surface area (Å²) >= 11 is 0. The van der Waals surface area contributed by atoms with Gasteiger partial charge in [0.25, 0.3) is 0 Å². The van der Waals surface area contributed by atoms with Crippen LogP contribution in [0.5, 0.6) is 0 Å². The van der Waals surface area contributed by atoms with Gasteiger partial charge in [0, 0.05) is 25.2 Å². The van der Waals surface area contributed by atoms with Crippen molar-refractivity contribution in [3.8, 4) is 0 Å². The summed E-state index contributed by atoms with van der Waals surface area (Å²) in [5.41, 5.74) is 0.114. The third-order valence-corrected chi connectivity index (χ3v) is 5.46. The van der Waals surface area contributed by atoms with Gasteiger partial charge in [-0.05, 0) is 20.8 Å². The Morgan fingerprint density at radius 2 is 1.75 bits per heavy atom. The maximum Gasteiger partial charge on any atom is 0.497 e. The van der Waals surface area contributed by atoms with Crippen LogP contribution in [0.2, 0.25) is 6.55 Å². The van der Waals surface area contributed by atoms with Crippen LogP contribution >= 0.6 is 0 Å². The lowest BCUT2D eigenvalue weighted by Crippen LogP contribution is -2.55. The monoisotopic (exact) mass is 248 g/mol. The van der Waals surface area contributed by atoms with Gasteiger partial charge in [0.2, 0.25) is 0 Å². The molecule has 0 radical (unpaired) electrons. The lowest BCUT2D eigenvalue weighted by molar-refractivity contribution is -0.160.